The molecule has 0 radical (unpaired) electrons. The number of carbonyl (C=O) groups excluding carboxylic acids is 2. The van der Waals surface area contributed by atoms with Crippen LogP contribution in [0, 0.1) is 0 Å². The van der Waals surface area contributed by atoms with Gasteiger partial charge in [-0.15, -0.1) is 0 Å². The van der Waals surface area contributed by atoms with Crippen molar-refractivity contribution in [3.8, 4) is 0 Å². The molecule has 1 atom stereocenters. The molecule has 0 aliphatic heterocycles. The molecular weight excluding hydrogens is 378 g/mol. The molecule has 0 spiro atoms. The van der Waals surface area contributed by atoms with E-state index in [2.05, 4.69) is 42.5 Å². The van der Waals surface area contributed by atoms with Gasteiger partial charge in [-0.2, -0.15) is 0 Å². The van der Waals surface area contributed by atoms with Crippen molar-refractivity contribution in [1.82, 2.24) is 4.90 Å². The molecule has 0 N–H and O–H groups in total. The van der Waals surface area contributed by atoms with Crippen LogP contribution >= 0.6 is 0 Å². The van der Waals surface area contributed by atoms with Crippen LogP contribution < -0.4 is 0 Å². The first kappa shape index (κ1) is 23.9. The van der Waals surface area contributed by atoms with Crippen LogP contribution in [0.1, 0.15) is 52.0 Å². The molecular formula is C25H35NO4. The van der Waals surface area contributed by atoms with E-state index in [1.807, 2.05) is 0 Å². The second-order valence-electron chi connectivity index (χ2n) is 8.77. The number of aryl methyl sites for hydroxylation is 1. The second-order valence-corrected chi connectivity index (χ2v) is 8.77. The molecule has 5 nitrogen and oxygen atoms in total. The molecule has 2 rings (SSSR count). The molecule has 2 aromatic rings. The average Bonchev–Trinajstić information content (AvgIpc) is 2.69. The molecule has 0 saturated heterocycles. The minimum atomic E-state index is -0.868. The Balaban J connectivity index is 1.70. The highest BCUT2D eigenvalue weighted by Crippen LogP contribution is 2.17. The van der Waals surface area contributed by atoms with Gasteiger partial charge in [0.1, 0.15) is 5.60 Å². The van der Waals surface area contributed by atoms with Gasteiger partial charge < -0.3 is 14.4 Å². The van der Waals surface area contributed by atoms with E-state index in [0.29, 0.717) is 6.54 Å². The normalized spacial score (nSPS) is 12.6. The van der Waals surface area contributed by atoms with Crippen molar-refractivity contribution in [2.75, 3.05) is 20.7 Å². The molecule has 0 heterocycles. The van der Waals surface area contributed by atoms with Crippen LogP contribution in [0.2, 0.25) is 0 Å². The van der Waals surface area contributed by atoms with Crippen molar-refractivity contribution in [3.63, 3.8) is 0 Å². The Kier molecular flexibility index (Phi) is 8.85. The minimum absolute atomic E-state index is 0.000989. The standard InChI is InChI=1S/C25H35NO4/c1-25(2,3)30-24(28)22(29-5)18-23(27)26(4)16-10-6-7-11-19-14-15-20-12-8-9-13-21(20)17-19/h8-9,12-15,17,22H,6-7,10-11,16,18H2,1-5H3. The van der Waals surface area contributed by atoms with Gasteiger partial charge in [-0.05, 0) is 56.4 Å². The summed E-state index contributed by atoms with van der Waals surface area (Å²) in [6.45, 7) is 6.05. The van der Waals surface area contributed by atoms with Gasteiger partial charge in [-0.1, -0.05) is 48.9 Å². The first-order valence-electron chi connectivity index (χ1n) is 10.7. The average molecular weight is 414 g/mol. The lowest BCUT2D eigenvalue weighted by atomic mass is 10.0. The molecule has 0 aromatic heterocycles. The van der Waals surface area contributed by atoms with Gasteiger partial charge >= 0.3 is 5.97 Å². The smallest absolute Gasteiger partial charge is 0.336 e. The zero-order valence-electron chi connectivity index (χ0n) is 18.9. The van der Waals surface area contributed by atoms with Gasteiger partial charge in [0.2, 0.25) is 5.91 Å². The molecule has 30 heavy (non-hydrogen) atoms. The SMILES string of the molecule is COC(CC(=O)N(C)CCCCCc1ccc2ccccc2c1)C(=O)OC(C)(C)C. The lowest BCUT2D eigenvalue weighted by Gasteiger charge is -2.24. The van der Waals surface area contributed by atoms with E-state index in [1.54, 1.807) is 32.7 Å². The quantitative estimate of drug-likeness (QED) is 0.416. The highest BCUT2D eigenvalue weighted by Gasteiger charge is 2.28. The van der Waals surface area contributed by atoms with Gasteiger partial charge in [0.15, 0.2) is 6.10 Å². The number of nitrogens with zero attached hydrogens (tertiary/aromatic N) is 1. The van der Waals surface area contributed by atoms with Gasteiger partial charge in [0, 0.05) is 20.7 Å². The molecule has 0 saturated carbocycles. The maximum atomic E-state index is 12.4. The minimum Gasteiger partial charge on any atom is -0.458 e. The number of benzene rings is 2. The van der Waals surface area contributed by atoms with E-state index < -0.39 is 17.7 Å². The Labute approximate surface area is 180 Å². The van der Waals surface area contributed by atoms with Gasteiger partial charge in [0.25, 0.3) is 0 Å². The van der Waals surface area contributed by atoms with Crippen molar-refractivity contribution < 1.29 is 19.1 Å². The summed E-state index contributed by atoms with van der Waals surface area (Å²) in [5.74, 6) is -0.607. The highest BCUT2D eigenvalue weighted by molar-refractivity contribution is 5.84. The monoisotopic (exact) mass is 413 g/mol. The lowest BCUT2D eigenvalue weighted by molar-refractivity contribution is -0.169. The topological polar surface area (TPSA) is 55.8 Å². The molecule has 5 heteroatoms. The van der Waals surface area contributed by atoms with Crippen LogP contribution in [0.15, 0.2) is 42.5 Å². The van der Waals surface area contributed by atoms with Crippen molar-refractivity contribution in [3.05, 3.63) is 48.0 Å². The van der Waals surface area contributed by atoms with Crippen LogP contribution in [-0.2, 0) is 25.5 Å². The van der Waals surface area contributed by atoms with E-state index in [1.165, 1.54) is 23.4 Å². The summed E-state index contributed by atoms with van der Waals surface area (Å²) in [5, 5.41) is 2.54. The van der Waals surface area contributed by atoms with Gasteiger partial charge in [-0.3, -0.25) is 4.79 Å². The van der Waals surface area contributed by atoms with Crippen LogP contribution in [0.4, 0.5) is 0 Å². The van der Waals surface area contributed by atoms with E-state index in [-0.39, 0.29) is 12.3 Å². The molecule has 0 aliphatic carbocycles. The highest BCUT2D eigenvalue weighted by atomic mass is 16.6. The number of unbranched alkanes of at least 4 members (excludes halogenated alkanes) is 2. The molecule has 2 aromatic carbocycles. The van der Waals surface area contributed by atoms with E-state index in [9.17, 15) is 9.59 Å². The Morgan fingerprint density at radius 1 is 1.00 bits per heavy atom. The third-order valence-corrected chi connectivity index (χ3v) is 5.01. The number of amides is 1. The third-order valence-electron chi connectivity index (χ3n) is 5.01. The summed E-state index contributed by atoms with van der Waals surface area (Å²) >= 11 is 0. The maximum absolute atomic E-state index is 12.4. The van der Waals surface area contributed by atoms with E-state index in [0.717, 1.165) is 25.7 Å². The van der Waals surface area contributed by atoms with Crippen LogP contribution in [0.5, 0.6) is 0 Å². The molecule has 1 unspecified atom stereocenters. The Hall–Kier alpha value is -2.40. The number of carbonyl (C=O) groups is 2. The molecule has 164 valence electrons. The molecule has 0 aliphatic rings. The molecule has 0 bridgehead atoms. The first-order chi connectivity index (χ1) is 14.2. The number of methoxy groups -OCH3 is 1. The van der Waals surface area contributed by atoms with Gasteiger partial charge in [-0.25, -0.2) is 4.79 Å². The second kappa shape index (κ2) is 11.1. The summed E-state index contributed by atoms with van der Waals surface area (Å²) in [5.41, 5.74) is 0.742. The zero-order valence-corrected chi connectivity index (χ0v) is 18.9. The summed E-state index contributed by atoms with van der Waals surface area (Å²) in [6, 6.07) is 15.0. The number of rotatable bonds is 10. The lowest BCUT2D eigenvalue weighted by Crippen LogP contribution is -2.38. The van der Waals surface area contributed by atoms with Crippen LogP contribution in [0.25, 0.3) is 10.8 Å². The third kappa shape index (κ3) is 7.79. The summed E-state index contributed by atoms with van der Waals surface area (Å²) in [6.07, 6.45) is 3.22. The predicted molar refractivity (Wildman–Crippen MR) is 120 cm³/mol. The number of fused-ring (bicyclic) bond motifs is 1. The molecule has 0 fully saturated rings. The van der Waals surface area contributed by atoms with Crippen LogP contribution in [0.3, 0.4) is 0 Å². The summed E-state index contributed by atoms with van der Waals surface area (Å²) < 4.78 is 10.5. The summed E-state index contributed by atoms with van der Waals surface area (Å²) in [4.78, 5) is 26.2. The largest absolute Gasteiger partial charge is 0.458 e. The zero-order chi connectivity index (χ0) is 22.1. The van der Waals surface area contributed by atoms with Crippen molar-refractivity contribution >= 4 is 22.6 Å². The van der Waals surface area contributed by atoms with Crippen molar-refractivity contribution in [2.45, 2.75) is 64.6 Å². The van der Waals surface area contributed by atoms with Crippen LogP contribution in [-0.4, -0.2) is 49.2 Å². The number of ether oxygens (including phenoxy) is 2. The summed E-state index contributed by atoms with van der Waals surface area (Å²) in [7, 11) is 3.20. The number of hydrogen-bond acceptors (Lipinski definition) is 4. The van der Waals surface area contributed by atoms with Crippen molar-refractivity contribution in [2.24, 2.45) is 0 Å². The van der Waals surface area contributed by atoms with E-state index in [4.69, 9.17) is 9.47 Å². The van der Waals surface area contributed by atoms with Crippen molar-refractivity contribution in [1.29, 1.82) is 0 Å². The fraction of sp³-hybridized carbons (Fsp3) is 0.520. The van der Waals surface area contributed by atoms with E-state index >= 15 is 0 Å². The fourth-order valence-electron chi connectivity index (χ4n) is 3.32. The number of hydrogen-bond donors (Lipinski definition) is 0. The molecule has 1 amide bonds. The maximum Gasteiger partial charge on any atom is 0.336 e. The van der Waals surface area contributed by atoms with Gasteiger partial charge in [0.05, 0.1) is 6.42 Å². The number of esters is 1. The predicted octanol–water partition coefficient (Wildman–Crippen LogP) is 4.76. The Morgan fingerprint density at radius 2 is 1.70 bits per heavy atom. The first-order valence-corrected chi connectivity index (χ1v) is 10.7. The Bertz CT molecular complexity index is 840. The fourth-order valence-corrected chi connectivity index (χ4v) is 3.32. The Morgan fingerprint density at radius 3 is 2.37 bits per heavy atom.